The highest BCUT2D eigenvalue weighted by Gasteiger charge is 2.19. The normalized spacial score (nSPS) is 13.3. The minimum atomic E-state index is -3.46. The van der Waals surface area contributed by atoms with Crippen LogP contribution in [0.15, 0.2) is 44.4 Å². The molecule has 2 aromatic rings. The van der Waals surface area contributed by atoms with Gasteiger partial charge in [-0.1, -0.05) is 23.7 Å². The summed E-state index contributed by atoms with van der Waals surface area (Å²) in [6, 6.07) is 10.5. The molecule has 0 amide bonds. The molecule has 1 unspecified atom stereocenters. The van der Waals surface area contributed by atoms with Crippen molar-refractivity contribution >= 4 is 48.9 Å². The second-order valence-electron chi connectivity index (χ2n) is 4.41. The first-order valence-corrected chi connectivity index (χ1v) is 9.36. The van der Waals surface area contributed by atoms with E-state index in [0.29, 0.717) is 15.7 Å². The molecule has 20 heavy (non-hydrogen) atoms. The zero-order valence-corrected chi connectivity index (χ0v) is 14.6. The molecule has 0 aliphatic rings. The molecule has 7 heteroatoms. The van der Waals surface area contributed by atoms with E-state index in [2.05, 4.69) is 20.7 Å². The molecule has 108 valence electrons. The van der Waals surface area contributed by atoms with Crippen LogP contribution in [-0.2, 0) is 16.4 Å². The predicted octanol–water partition coefficient (Wildman–Crippen LogP) is 4.07. The maximum absolute atomic E-state index is 12.2. The standard InChI is InChI=1S/C13H13BrClNO2S2/c1-9(7-10-3-2-4-11(15)8-10)16-20(17,18)13-6-5-12(14)19-13/h2-6,8-9,16H,7H2,1H3. The Morgan fingerprint density at radius 1 is 1.35 bits per heavy atom. The quantitative estimate of drug-likeness (QED) is 0.831. The van der Waals surface area contributed by atoms with Gasteiger partial charge in [0, 0.05) is 11.1 Å². The second-order valence-corrected chi connectivity index (χ2v) is 9.26. The summed E-state index contributed by atoms with van der Waals surface area (Å²) in [5.74, 6) is 0. The maximum atomic E-state index is 12.2. The number of benzene rings is 1. The summed E-state index contributed by atoms with van der Waals surface area (Å²) in [6.45, 7) is 1.83. The average Bonchev–Trinajstić information content (AvgIpc) is 2.75. The average molecular weight is 395 g/mol. The fraction of sp³-hybridized carbons (Fsp3) is 0.231. The topological polar surface area (TPSA) is 46.2 Å². The lowest BCUT2D eigenvalue weighted by atomic mass is 10.1. The number of halogens is 2. The van der Waals surface area contributed by atoms with E-state index in [-0.39, 0.29) is 6.04 Å². The molecule has 1 aromatic carbocycles. The Labute approximate surface area is 136 Å². The zero-order chi connectivity index (χ0) is 14.8. The van der Waals surface area contributed by atoms with Gasteiger partial charge < -0.3 is 0 Å². The van der Waals surface area contributed by atoms with Gasteiger partial charge in [-0.2, -0.15) is 0 Å². The summed E-state index contributed by atoms with van der Waals surface area (Å²) in [5.41, 5.74) is 1.00. The molecule has 0 saturated carbocycles. The van der Waals surface area contributed by atoms with Crippen LogP contribution in [0.3, 0.4) is 0 Å². The summed E-state index contributed by atoms with van der Waals surface area (Å²) in [7, 11) is -3.46. The first kappa shape index (κ1) is 16.0. The van der Waals surface area contributed by atoms with E-state index < -0.39 is 10.0 Å². The predicted molar refractivity (Wildman–Crippen MR) is 87.0 cm³/mol. The molecule has 0 fully saturated rings. The molecule has 1 heterocycles. The Kier molecular flexibility index (Phi) is 5.25. The SMILES string of the molecule is CC(Cc1cccc(Cl)c1)NS(=O)(=O)c1ccc(Br)s1. The smallest absolute Gasteiger partial charge is 0.207 e. The number of hydrogen-bond donors (Lipinski definition) is 1. The third kappa shape index (κ3) is 4.30. The molecule has 3 nitrogen and oxygen atoms in total. The number of thiophene rings is 1. The van der Waals surface area contributed by atoms with Crippen LogP contribution in [0.4, 0.5) is 0 Å². The highest BCUT2D eigenvalue weighted by Crippen LogP contribution is 2.26. The summed E-state index contributed by atoms with van der Waals surface area (Å²) >= 11 is 10.4. The van der Waals surface area contributed by atoms with Gasteiger partial charge in [0.1, 0.15) is 4.21 Å². The molecule has 0 aliphatic carbocycles. The van der Waals surface area contributed by atoms with E-state index in [0.717, 1.165) is 9.35 Å². The van der Waals surface area contributed by atoms with Crippen molar-refractivity contribution in [3.8, 4) is 0 Å². The van der Waals surface area contributed by atoms with Gasteiger partial charge in [0.25, 0.3) is 0 Å². The van der Waals surface area contributed by atoms with E-state index in [4.69, 9.17) is 11.6 Å². The highest BCUT2D eigenvalue weighted by molar-refractivity contribution is 9.11. The Morgan fingerprint density at radius 3 is 2.70 bits per heavy atom. The van der Waals surface area contributed by atoms with Crippen LogP contribution in [0, 0.1) is 0 Å². The number of nitrogens with one attached hydrogen (secondary N) is 1. The van der Waals surface area contributed by atoms with Crippen molar-refractivity contribution in [3.05, 3.63) is 50.8 Å². The first-order chi connectivity index (χ1) is 9.37. The van der Waals surface area contributed by atoms with Crippen LogP contribution >= 0.6 is 38.9 Å². The van der Waals surface area contributed by atoms with Gasteiger partial charge in [-0.25, -0.2) is 13.1 Å². The molecule has 1 N–H and O–H groups in total. The van der Waals surface area contributed by atoms with Gasteiger partial charge in [-0.3, -0.25) is 0 Å². The van der Waals surface area contributed by atoms with Crippen molar-refractivity contribution in [1.82, 2.24) is 4.72 Å². The van der Waals surface area contributed by atoms with Crippen molar-refractivity contribution in [2.75, 3.05) is 0 Å². The molecular weight excluding hydrogens is 382 g/mol. The second kappa shape index (κ2) is 6.58. The number of sulfonamides is 1. The molecule has 0 saturated heterocycles. The van der Waals surface area contributed by atoms with Crippen LogP contribution in [0.5, 0.6) is 0 Å². The third-order valence-corrected chi connectivity index (χ3v) is 6.54. The van der Waals surface area contributed by atoms with E-state index >= 15 is 0 Å². The van der Waals surface area contributed by atoms with Crippen LogP contribution in [0.2, 0.25) is 5.02 Å². The molecule has 0 aliphatic heterocycles. The highest BCUT2D eigenvalue weighted by atomic mass is 79.9. The Bertz CT molecular complexity index is 700. The monoisotopic (exact) mass is 393 g/mol. The van der Waals surface area contributed by atoms with Gasteiger partial charge >= 0.3 is 0 Å². The molecule has 1 atom stereocenters. The van der Waals surface area contributed by atoms with Crippen LogP contribution in [-0.4, -0.2) is 14.5 Å². The largest absolute Gasteiger partial charge is 0.250 e. The fourth-order valence-electron chi connectivity index (χ4n) is 1.82. The van der Waals surface area contributed by atoms with Crippen molar-refractivity contribution in [2.24, 2.45) is 0 Å². The Balaban J connectivity index is 2.06. The first-order valence-electron chi connectivity index (χ1n) is 5.89. The van der Waals surface area contributed by atoms with E-state index in [1.807, 2.05) is 25.1 Å². The maximum Gasteiger partial charge on any atom is 0.250 e. The van der Waals surface area contributed by atoms with Gasteiger partial charge in [-0.05, 0) is 59.1 Å². The summed E-state index contributed by atoms with van der Waals surface area (Å²) in [5, 5.41) is 0.653. The molecule has 2 rings (SSSR count). The molecule has 0 bridgehead atoms. The third-order valence-electron chi connectivity index (χ3n) is 2.60. The van der Waals surface area contributed by atoms with Crippen molar-refractivity contribution in [1.29, 1.82) is 0 Å². The summed E-state index contributed by atoms with van der Waals surface area (Å²) in [6.07, 6.45) is 0.590. The summed E-state index contributed by atoms with van der Waals surface area (Å²) < 4.78 is 28.1. The Hall–Kier alpha value is -0.400. The van der Waals surface area contributed by atoms with Gasteiger partial charge in [-0.15, -0.1) is 11.3 Å². The minimum Gasteiger partial charge on any atom is -0.207 e. The van der Waals surface area contributed by atoms with Crippen molar-refractivity contribution in [2.45, 2.75) is 23.6 Å². The van der Waals surface area contributed by atoms with Crippen LogP contribution in [0.25, 0.3) is 0 Å². The number of rotatable bonds is 5. The van der Waals surface area contributed by atoms with E-state index in [1.54, 1.807) is 18.2 Å². The molecule has 1 aromatic heterocycles. The fourth-order valence-corrected chi connectivity index (χ4v) is 5.31. The lowest BCUT2D eigenvalue weighted by Crippen LogP contribution is -2.33. The van der Waals surface area contributed by atoms with E-state index in [9.17, 15) is 8.42 Å². The molecule has 0 spiro atoms. The lowest BCUT2D eigenvalue weighted by molar-refractivity contribution is 0.562. The van der Waals surface area contributed by atoms with E-state index in [1.165, 1.54) is 11.3 Å². The molecular formula is C13H13BrClNO2S2. The van der Waals surface area contributed by atoms with Crippen molar-refractivity contribution < 1.29 is 8.42 Å². The number of hydrogen-bond acceptors (Lipinski definition) is 3. The molecule has 0 radical (unpaired) electrons. The van der Waals surface area contributed by atoms with Gasteiger partial charge in [0.15, 0.2) is 0 Å². The van der Waals surface area contributed by atoms with Gasteiger partial charge in [0.05, 0.1) is 3.79 Å². The lowest BCUT2D eigenvalue weighted by Gasteiger charge is -2.13. The zero-order valence-electron chi connectivity index (χ0n) is 10.6. The Morgan fingerprint density at radius 2 is 2.10 bits per heavy atom. The van der Waals surface area contributed by atoms with Crippen LogP contribution < -0.4 is 4.72 Å². The van der Waals surface area contributed by atoms with Crippen molar-refractivity contribution in [3.63, 3.8) is 0 Å². The summed E-state index contributed by atoms with van der Waals surface area (Å²) in [4.78, 5) is 0. The minimum absolute atomic E-state index is 0.209. The van der Waals surface area contributed by atoms with Gasteiger partial charge in [0.2, 0.25) is 10.0 Å². The van der Waals surface area contributed by atoms with Crippen LogP contribution in [0.1, 0.15) is 12.5 Å².